The van der Waals surface area contributed by atoms with E-state index in [1.165, 1.54) is 19.3 Å². The molecule has 0 amide bonds. The van der Waals surface area contributed by atoms with Crippen molar-refractivity contribution in [3.05, 3.63) is 18.1 Å². The molecule has 1 N–H and O–H groups in total. The molecule has 1 saturated carbocycles. The SMILES string of the molecule is CCc1cc(NCCC2CC2)n2ncnc2n1. The van der Waals surface area contributed by atoms with E-state index in [2.05, 4.69) is 33.4 Å². The Labute approximate surface area is 100 Å². The fourth-order valence-corrected chi connectivity index (χ4v) is 1.98. The van der Waals surface area contributed by atoms with Gasteiger partial charge in [0.2, 0.25) is 0 Å². The standard InChI is InChI=1S/C12H17N5/c1-2-10-7-11(13-6-5-9-3-4-9)17-12(16-10)14-8-15-17/h7-9,13H,2-6H2,1H3. The van der Waals surface area contributed by atoms with Gasteiger partial charge in [-0.25, -0.2) is 4.98 Å². The number of fused-ring (bicyclic) bond motifs is 1. The van der Waals surface area contributed by atoms with E-state index in [-0.39, 0.29) is 0 Å². The van der Waals surface area contributed by atoms with Crippen LogP contribution in [0.1, 0.15) is 31.9 Å². The number of anilines is 1. The second-order valence-electron chi connectivity index (χ2n) is 4.62. The average molecular weight is 231 g/mol. The highest BCUT2D eigenvalue weighted by Crippen LogP contribution is 2.32. The summed E-state index contributed by atoms with van der Waals surface area (Å²) in [6.45, 7) is 3.11. The van der Waals surface area contributed by atoms with E-state index in [0.29, 0.717) is 5.78 Å². The molecule has 0 atom stereocenters. The largest absolute Gasteiger partial charge is 0.370 e. The van der Waals surface area contributed by atoms with Crippen molar-refractivity contribution in [1.29, 1.82) is 0 Å². The normalized spacial score (nSPS) is 15.4. The maximum Gasteiger partial charge on any atom is 0.254 e. The van der Waals surface area contributed by atoms with Gasteiger partial charge in [0.15, 0.2) is 0 Å². The lowest BCUT2D eigenvalue weighted by molar-refractivity contribution is 0.753. The molecule has 5 nitrogen and oxygen atoms in total. The van der Waals surface area contributed by atoms with Gasteiger partial charge in [-0.2, -0.15) is 14.6 Å². The summed E-state index contributed by atoms with van der Waals surface area (Å²) in [5.41, 5.74) is 1.06. The molecular formula is C12H17N5. The number of hydrogen-bond acceptors (Lipinski definition) is 4. The quantitative estimate of drug-likeness (QED) is 0.854. The van der Waals surface area contributed by atoms with Crippen LogP contribution in [0.5, 0.6) is 0 Å². The minimum atomic E-state index is 0.679. The molecule has 0 spiro atoms. The third-order valence-corrected chi connectivity index (χ3v) is 3.22. The van der Waals surface area contributed by atoms with Crippen LogP contribution in [-0.4, -0.2) is 26.1 Å². The van der Waals surface area contributed by atoms with Gasteiger partial charge in [-0.15, -0.1) is 0 Å². The third-order valence-electron chi connectivity index (χ3n) is 3.22. The van der Waals surface area contributed by atoms with Crippen LogP contribution in [0.3, 0.4) is 0 Å². The summed E-state index contributed by atoms with van der Waals surface area (Å²) in [7, 11) is 0. The molecule has 3 rings (SSSR count). The number of nitrogens with one attached hydrogen (secondary N) is 1. The Bertz CT molecular complexity index is 515. The maximum absolute atomic E-state index is 4.42. The molecule has 1 aliphatic rings. The van der Waals surface area contributed by atoms with E-state index in [1.807, 2.05) is 0 Å². The Balaban J connectivity index is 1.81. The predicted molar refractivity (Wildman–Crippen MR) is 66.0 cm³/mol. The number of rotatable bonds is 5. The van der Waals surface area contributed by atoms with Crippen molar-refractivity contribution in [3.63, 3.8) is 0 Å². The van der Waals surface area contributed by atoms with Crippen molar-refractivity contribution >= 4 is 11.6 Å². The first kappa shape index (κ1) is 10.5. The van der Waals surface area contributed by atoms with Gasteiger partial charge >= 0.3 is 0 Å². The van der Waals surface area contributed by atoms with Gasteiger partial charge in [0.1, 0.15) is 12.1 Å². The summed E-state index contributed by atoms with van der Waals surface area (Å²) in [6, 6.07) is 2.06. The first-order chi connectivity index (χ1) is 8.36. The zero-order valence-electron chi connectivity index (χ0n) is 10.1. The summed E-state index contributed by atoms with van der Waals surface area (Å²) in [5.74, 6) is 2.63. The van der Waals surface area contributed by atoms with E-state index >= 15 is 0 Å². The van der Waals surface area contributed by atoms with Crippen molar-refractivity contribution in [2.45, 2.75) is 32.6 Å². The molecule has 1 fully saturated rings. The Morgan fingerprint density at radius 3 is 3.12 bits per heavy atom. The van der Waals surface area contributed by atoms with Crippen LogP contribution in [-0.2, 0) is 6.42 Å². The van der Waals surface area contributed by atoms with Crippen molar-refractivity contribution in [3.8, 4) is 0 Å². The van der Waals surface area contributed by atoms with Crippen molar-refractivity contribution in [2.24, 2.45) is 5.92 Å². The van der Waals surface area contributed by atoms with Gasteiger partial charge in [0, 0.05) is 18.3 Å². The lowest BCUT2D eigenvalue weighted by Crippen LogP contribution is -2.09. The monoisotopic (exact) mass is 231 g/mol. The van der Waals surface area contributed by atoms with Crippen molar-refractivity contribution < 1.29 is 0 Å². The van der Waals surface area contributed by atoms with Crippen LogP contribution in [0.2, 0.25) is 0 Å². The highest BCUT2D eigenvalue weighted by atomic mass is 15.3. The van der Waals surface area contributed by atoms with Gasteiger partial charge in [0.05, 0.1) is 0 Å². The Kier molecular flexibility index (Phi) is 2.66. The third kappa shape index (κ3) is 2.23. The number of hydrogen-bond donors (Lipinski definition) is 1. The van der Waals surface area contributed by atoms with E-state index in [0.717, 1.165) is 30.4 Å². The van der Waals surface area contributed by atoms with E-state index in [9.17, 15) is 0 Å². The van der Waals surface area contributed by atoms with Gasteiger partial charge in [-0.05, 0) is 18.8 Å². The summed E-state index contributed by atoms with van der Waals surface area (Å²) in [4.78, 5) is 8.56. The molecule has 0 bridgehead atoms. The van der Waals surface area contributed by atoms with Gasteiger partial charge in [0.25, 0.3) is 5.78 Å². The highest BCUT2D eigenvalue weighted by Gasteiger charge is 2.20. The molecule has 90 valence electrons. The smallest absolute Gasteiger partial charge is 0.254 e. The summed E-state index contributed by atoms with van der Waals surface area (Å²) < 4.78 is 1.77. The topological polar surface area (TPSA) is 55.1 Å². The number of aromatic nitrogens is 4. The molecular weight excluding hydrogens is 214 g/mol. The van der Waals surface area contributed by atoms with Crippen LogP contribution < -0.4 is 5.32 Å². The molecule has 0 aromatic carbocycles. The average Bonchev–Trinajstić information content (AvgIpc) is 3.04. The fourth-order valence-electron chi connectivity index (χ4n) is 1.98. The van der Waals surface area contributed by atoms with Crippen molar-refractivity contribution in [1.82, 2.24) is 19.6 Å². The summed E-state index contributed by atoms with van der Waals surface area (Å²) in [6.07, 6.45) is 6.52. The Hall–Kier alpha value is -1.65. The number of aryl methyl sites for hydroxylation is 1. The second-order valence-corrected chi connectivity index (χ2v) is 4.62. The van der Waals surface area contributed by atoms with E-state index in [4.69, 9.17) is 0 Å². The molecule has 5 heteroatoms. The minimum absolute atomic E-state index is 0.679. The molecule has 0 saturated heterocycles. The Morgan fingerprint density at radius 2 is 2.35 bits per heavy atom. The lowest BCUT2D eigenvalue weighted by Gasteiger charge is -2.08. The first-order valence-corrected chi connectivity index (χ1v) is 6.30. The second kappa shape index (κ2) is 4.31. The molecule has 0 aliphatic heterocycles. The molecule has 2 heterocycles. The predicted octanol–water partition coefficient (Wildman–Crippen LogP) is 1.90. The fraction of sp³-hybridized carbons (Fsp3) is 0.583. The molecule has 0 unspecified atom stereocenters. The van der Waals surface area contributed by atoms with Crippen LogP contribution in [0, 0.1) is 5.92 Å². The van der Waals surface area contributed by atoms with E-state index in [1.54, 1.807) is 10.8 Å². The molecule has 1 aliphatic carbocycles. The molecule has 2 aromatic rings. The molecule has 0 radical (unpaired) electrons. The summed E-state index contributed by atoms with van der Waals surface area (Å²) in [5, 5.41) is 7.63. The van der Waals surface area contributed by atoms with Gasteiger partial charge < -0.3 is 5.32 Å². The van der Waals surface area contributed by atoms with Crippen molar-refractivity contribution in [2.75, 3.05) is 11.9 Å². The van der Waals surface area contributed by atoms with Crippen LogP contribution in [0.25, 0.3) is 5.78 Å². The first-order valence-electron chi connectivity index (χ1n) is 6.30. The van der Waals surface area contributed by atoms with Crippen LogP contribution in [0.15, 0.2) is 12.4 Å². The summed E-state index contributed by atoms with van der Waals surface area (Å²) >= 11 is 0. The maximum atomic E-state index is 4.42. The van der Waals surface area contributed by atoms with Crippen LogP contribution in [0.4, 0.5) is 5.82 Å². The Morgan fingerprint density at radius 1 is 1.47 bits per heavy atom. The highest BCUT2D eigenvalue weighted by molar-refractivity contribution is 5.44. The van der Waals surface area contributed by atoms with Gasteiger partial charge in [-0.1, -0.05) is 19.8 Å². The van der Waals surface area contributed by atoms with Gasteiger partial charge in [-0.3, -0.25) is 0 Å². The van der Waals surface area contributed by atoms with Crippen LogP contribution >= 0.6 is 0 Å². The minimum Gasteiger partial charge on any atom is -0.370 e. The zero-order chi connectivity index (χ0) is 11.7. The lowest BCUT2D eigenvalue weighted by atomic mass is 10.3. The number of nitrogens with zero attached hydrogens (tertiary/aromatic N) is 4. The van der Waals surface area contributed by atoms with E-state index < -0.39 is 0 Å². The molecule has 17 heavy (non-hydrogen) atoms. The molecule has 2 aromatic heterocycles. The zero-order valence-corrected chi connectivity index (χ0v) is 10.1.